The van der Waals surface area contributed by atoms with Crippen LogP contribution in [0.15, 0.2) is 0 Å². The van der Waals surface area contributed by atoms with E-state index in [-0.39, 0.29) is 11.4 Å². The molecule has 2 aliphatic heterocycles. The Balaban J connectivity index is 1.36. The number of ether oxygens (including phenoxy) is 2. The summed E-state index contributed by atoms with van der Waals surface area (Å²) in [6.45, 7) is 15.7. The summed E-state index contributed by atoms with van der Waals surface area (Å²) in [5.41, 5.74) is 0.823. The van der Waals surface area contributed by atoms with Crippen molar-refractivity contribution < 1.29 is 9.47 Å². The van der Waals surface area contributed by atoms with Gasteiger partial charge in [0.2, 0.25) is 0 Å². The monoisotopic (exact) mass is 542 g/mol. The van der Waals surface area contributed by atoms with E-state index in [0.717, 1.165) is 48.5 Å². The number of rotatable bonds is 5. The van der Waals surface area contributed by atoms with Gasteiger partial charge in [-0.15, -0.1) is 0 Å². The first-order chi connectivity index (χ1) is 14.5. The second-order valence-corrected chi connectivity index (χ2v) is 14.9. The molecule has 3 heteroatoms. The Morgan fingerprint density at radius 3 is 2.45 bits per heavy atom. The van der Waals surface area contributed by atoms with Crippen molar-refractivity contribution in [2.45, 2.75) is 121 Å². The third-order valence-electron chi connectivity index (χ3n) is 11.5. The lowest BCUT2D eigenvalue weighted by atomic mass is 9.44. The van der Waals surface area contributed by atoms with Gasteiger partial charge in [-0.25, -0.2) is 0 Å². The minimum absolute atomic E-state index is 0.0440. The average Bonchev–Trinajstić information content (AvgIpc) is 3.21. The normalized spacial score (nSPS) is 54.4. The van der Waals surface area contributed by atoms with Crippen molar-refractivity contribution in [1.29, 1.82) is 0 Å². The molecule has 0 amide bonds. The van der Waals surface area contributed by atoms with Gasteiger partial charge in [-0.2, -0.15) is 0 Å². The van der Waals surface area contributed by atoms with Gasteiger partial charge >= 0.3 is 0 Å². The fourth-order valence-corrected chi connectivity index (χ4v) is 11.3. The zero-order valence-electron chi connectivity index (χ0n) is 21.0. The second-order valence-electron chi connectivity index (χ2n) is 13.4. The first-order valence-electron chi connectivity index (χ1n) is 13.5. The highest BCUT2D eigenvalue weighted by molar-refractivity contribution is 14.1. The number of fused-ring (bicyclic) bond motifs is 5. The summed E-state index contributed by atoms with van der Waals surface area (Å²) < 4.78 is 13.8. The van der Waals surface area contributed by atoms with Crippen molar-refractivity contribution in [3.05, 3.63) is 0 Å². The zero-order chi connectivity index (χ0) is 22.2. The molecule has 10 atom stereocenters. The molecule has 1 spiro atoms. The van der Waals surface area contributed by atoms with Crippen LogP contribution in [0.1, 0.15) is 106 Å². The van der Waals surface area contributed by atoms with E-state index in [9.17, 15) is 0 Å². The molecule has 5 rings (SSSR count). The summed E-state index contributed by atoms with van der Waals surface area (Å²) in [6, 6.07) is 0. The van der Waals surface area contributed by atoms with E-state index in [0.29, 0.717) is 14.8 Å². The van der Waals surface area contributed by atoms with Gasteiger partial charge in [0, 0.05) is 15.8 Å². The van der Waals surface area contributed by atoms with E-state index in [2.05, 4.69) is 64.1 Å². The van der Waals surface area contributed by atoms with Crippen molar-refractivity contribution in [2.75, 3.05) is 6.61 Å². The molecule has 5 aliphatic rings. The molecular formula is C28H47IO2. The van der Waals surface area contributed by atoms with Gasteiger partial charge in [0.25, 0.3) is 0 Å². The van der Waals surface area contributed by atoms with Crippen molar-refractivity contribution in [2.24, 2.45) is 46.3 Å². The molecule has 3 saturated carbocycles. The van der Waals surface area contributed by atoms with Gasteiger partial charge in [-0.3, -0.25) is 0 Å². The van der Waals surface area contributed by atoms with E-state index in [4.69, 9.17) is 9.47 Å². The first-order valence-corrected chi connectivity index (χ1v) is 14.8. The molecule has 31 heavy (non-hydrogen) atoms. The number of hydrogen-bond acceptors (Lipinski definition) is 2. The summed E-state index contributed by atoms with van der Waals surface area (Å²) >= 11 is 2.77. The Morgan fingerprint density at radius 2 is 1.71 bits per heavy atom. The summed E-state index contributed by atoms with van der Waals surface area (Å²) in [7, 11) is 0. The fraction of sp³-hybridized carbons (Fsp3) is 1.00. The molecule has 0 aromatic rings. The lowest BCUT2D eigenvalue weighted by Crippen LogP contribution is -2.68. The van der Waals surface area contributed by atoms with Gasteiger partial charge in [0.1, 0.15) is 5.60 Å². The smallest absolute Gasteiger partial charge is 0.166 e. The molecule has 0 N–H and O–H groups in total. The molecule has 0 radical (unpaired) electrons. The lowest BCUT2D eigenvalue weighted by molar-refractivity contribution is -0.270. The van der Waals surface area contributed by atoms with Gasteiger partial charge < -0.3 is 9.47 Å². The lowest BCUT2D eigenvalue weighted by Gasteiger charge is -2.65. The molecule has 5 fully saturated rings. The van der Waals surface area contributed by atoms with E-state index < -0.39 is 0 Å². The van der Waals surface area contributed by atoms with Gasteiger partial charge in [0.15, 0.2) is 5.79 Å². The Bertz CT molecular complexity index is 694. The summed E-state index contributed by atoms with van der Waals surface area (Å²) in [4.78, 5) is 0. The Morgan fingerprint density at radius 1 is 0.935 bits per heavy atom. The highest BCUT2D eigenvalue weighted by Crippen LogP contribution is 2.71. The Labute approximate surface area is 205 Å². The highest BCUT2D eigenvalue weighted by atomic mass is 127. The fourth-order valence-electron chi connectivity index (χ4n) is 9.68. The maximum atomic E-state index is 6.87. The van der Waals surface area contributed by atoms with Crippen molar-refractivity contribution >= 4 is 22.6 Å². The molecule has 178 valence electrons. The third kappa shape index (κ3) is 3.35. The minimum atomic E-state index is -0.317. The van der Waals surface area contributed by atoms with Gasteiger partial charge in [-0.05, 0) is 86.4 Å². The molecule has 2 saturated heterocycles. The molecule has 10 unspecified atom stereocenters. The van der Waals surface area contributed by atoms with Crippen LogP contribution in [0.25, 0.3) is 0 Å². The van der Waals surface area contributed by atoms with Crippen LogP contribution in [0.5, 0.6) is 0 Å². The molecule has 2 bridgehead atoms. The summed E-state index contributed by atoms with van der Waals surface area (Å²) in [5.74, 6) is 5.05. The van der Waals surface area contributed by atoms with E-state index >= 15 is 0 Å². The standard InChI is InChI=1S/C28H47IO2/c1-18(2)8-7-9-19(3)21-10-11-22-20-16-24(29)28-17-30-27(6,31-28)15-14-26(28,5)23(20)12-13-25(21,22)4/h18-24H,7-17H2,1-6H3. The highest BCUT2D eigenvalue weighted by Gasteiger charge is 2.72. The van der Waals surface area contributed by atoms with E-state index in [1.165, 1.54) is 57.8 Å². The van der Waals surface area contributed by atoms with Gasteiger partial charge in [0.05, 0.1) is 6.61 Å². The molecule has 2 heterocycles. The molecule has 2 nitrogen and oxygen atoms in total. The SMILES string of the molecule is CC(C)CCCC(C)C1CCC2C3CC(I)C45COC(C)(CCC4(C)C3CCC12C)O5. The predicted octanol–water partition coefficient (Wildman–Crippen LogP) is 8.02. The zero-order valence-corrected chi connectivity index (χ0v) is 23.2. The second kappa shape index (κ2) is 7.83. The molecular weight excluding hydrogens is 495 g/mol. The van der Waals surface area contributed by atoms with Crippen LogP contribution < -0.4 is 0 Å². The van der Waals surface area contributed by atoms with Crippen LogP contribution in [0, 0.1) is 46.3 Å². The first kappa shape index (κ1) is 23.4. The quantitative estimate of drug-likeness (QED) is 0.259. The Hall–Kier alpha value is 0.650. The number of halogens is 1. The largest absolute Gasteiger partial charge is 0.347 e. The van der Waals surface area contributed by atoms with Crippen LogP contribution in [-0.4, -0.2) is 21.9 Å². The van der Waals surface area contributed by atoms with Crippen LogP contribution >= 0.6 is 22.6 Å². The van der Waals surface area contributed by atoms with Crippen LogP contribution in [0.2, 0.25) is 0 Å². The minimum Gasteiger partial charge on any atom is -0.347 e. The number of alkyl halides is 1. The van der Waals surface area contributed by atoms with Gasteiger partial charge in [-0.1, -0.05) is 76.5 Å². The number of hydrogen-bond donors (Lipinski definition) is 0. The topological polar surface area (TPSA) is 18.5 Å². The average molecular weight is 543 g/mol. The summed E-state index contributed by atoms with van der Waals surface area (Å²) in [6.07, 6.45) is 13.8. The van der Waals surface area contributed by atoms with Crippen LogP contribution in [0.4, 0.5) is 0 Å². The predicted molar refractivity (Wildman–Crippen MR) is 136 cm³/mol. The third-order valence-corrected chi connectivity index (χ3v) is 13.0. The van der Waals surface area contributed by atoms with Crippen molar-refractivity contribution in [3.63, 3.8) is 0 Å². The molecule has 0 aromatic heterocycles. The maximum absolute atomic E-state index is 6.87. The maximum Gasteiger partial charge on any atom is 0.166 e. The summed E-state index contributed by atoms with van der Waals surface area (Å²) in [5, 5.41) is 0. The molecule has 3 aliphatic carbocycles. The van der Waals surface area contributed by atoms with E-state index in [1.807, 2.05) is 0 Å². The molecule has 0 aromatic carbocycles. The van der Waals surface area contributed by atoms with Crippen LogP contribution in [-0.2, 0) is 9.47 Å². The van der Waals surface area contributed by atoms with Crippen LogP contribution in [0.3, 0.4) is 0 Å². The van der Waals surface area contributed by atoms with Crippen molar-refractivity contribution in [1.82, 2.24) is 0 Å². The Kier molecular flexibility index (Phi) is 5.91. The van der Waals surface area contributed by atoms with Crippen molar-refractivity contribution in [3.8, 4) is 0 Å². The van der Waals surface area contributed by atoms with E-state index in [1.54, 1.807) is 0 Å².